The summed E-state index contributed by atoms with van der Waals surface area (Å²) in [7, 11) is 0. The van der Waals surface area contributed by atoms with Crippen LogP contribution in [-0.4, -0.2) is 24.5 Å². The highest BCUT2D eigenvalue weighted by molar-refractivity contribution is 6.07. The van der Waals surface area contributed by atoms with Crippen LogP contribution in [0.5, 0.6) is 0 Å². The lowest BCUT2D eigenvalue weighted by Gasteiger charge is -2.12. The fraction of sp³-hybridized carbons (Fsp3) is 0.400. The monoisotopic (exact) mass is 323 g/mol. The number of aryl methyl sites for hydroxylation is 2. The molecule has 4 heteroatoms. The van der Waals surface area contributed by atoms with Crippen molar-refractivity contribution in [1.29, 1.82) is 0 Å². The number of carbonyl (C=O) groups is 2. The second kappa shape index (κ2) is 6.27. The van der Waals surface area contributed by atoms with Gasteiger partial charge in [-0.15, -0.1) is 0 Å². The van der Waals surface area contributed by atoms with E-state index in [1.165, 1.54) is 16.5 Å². The van der Waals surface area contributed by atoms with E-state index in [0.29, 0.717) is 5.56 Å². The summed E-state index contributed by atoms with van der Waals surface area (Å²) in [5.74, 6) is -0.631. The molecule has 0 atom stereocenters. The molecule has 1 N–H and O–H groups in total. The van der Waals surface area contributed by atoms with Crippen molar-refractivity contribution in [2.24, 2.45) is 0 Å². The smallest absolute Gasteiger partial charge is 0.339 e. The predicted octanol–water partition coefficient (Wildman–Crippen LogP) is 3.15. The van der Waals surface area contributed by atoms with E-state index in [2.05, 4.69) is 11.4 Å². The van der Waals surface area contributed by atoms with E-state index < -0.39 is 5.97 Å². The average Bonchev–Trinajstić information content (AvgIpc) is 3.24. The molecule has 0 radical (unpaired) electrons. The molecule has 2 aromatic rings. The minimum Gasteiger partial charge on any atom is -0.452 e. The van der Waals surface area contributed by atoms with E-state index in [9.17, 15) is 9.59 Å². The normalized spacial score (nSPS) is 16.5. The summed E-state index contributed by atoms with van der Waals surface area (Å²) in [6, 6.07) is 10.1. The van der Waals surface area contributed by atoms with Gasteiger partial charge in [0.2, 0.25) is 0 Å². The molecule has 1 amide bonds. The SMILES string of the molecule is O=C(COC(=O)c1ccc2c3c(cccc13)CC2)NC1CCCC1. The van der Waals surface area contributed by atoms with Crippen molar-refractivity contribution < 1.29 is 14.3 Å². The number of rotatable bonds is 4. The van der Waals surface area contributed by atoms with Gasteiger partial charge in [-0.1, -0.05) is 37.1 Å². The van der Waals surface area contributed by atoms with E-state index in [-0.39, 0.29) is 18.6 Å². The molecule has 1 fully saturated rings. The van der Waals surface area contributed by atoms with E-state index in [1.54, 1.807) is 0 Å². The standard InChI is InChI=1S/C20H21NO3/c22-18(21-15-5-1-2-6-15)12-24-20(23)17-11-10-14-9-8-13-4-3-7-16(17)19(13)14/h3-4,7,10-11,15H,1-2,5-6,8-9,12H2,(H,21,22). The van der Waals surface area contributed by atoms with Crippen LogP contribution in [0, 0.1) is 0 Å². The molecule has 2 aliphatic rings. The zero-order chi connectivity index (χ0) is 16.5. The third kappa shape index (κ3) is 2.77. The van der Waals surface area contributed by atoms with Gasteiger partial charge in [-0.2, -0.15) is 0 Å². The Morgan fingerprint density at radius 1 is 1.04 bits per heavy atom. The van der Waals surface area contributed by atoms with Gasteiger partial charge in [-0.3, -0.25) is 4.79 Å². The van der Waals surface area contributed by atoms with Gasteiger partial charge >= 0.3 is 5.97 Å². The molecule has 0 aliphatic heterocycles. The van der Waals surface area contributed by atoms with Gasteiger partial charge in [-0.25, -0.2) is 4.79 Å². The van der Waals surface area contributed by atoms with Crippen LogP contribution in [0.2, 0.25) is 0 Å². The van der Waals surface area contributed by atoms with Crippen LogP contribution < -0.4 is 5.32 Å². The Kier molecular flexibility index (Phi) is 3.97. The van der Waals surface area contributed by atoms with Crippen molar-refractivity contribution in [1.82, 2.24) is 5.32 Å². The lowest BCUT2D eigenvalue weighted by Crippen LogP contribution is -2.35. The summed E-state index contributed by atoms with van der Waals surface area (Å²) in [6.45, 7) is -0.210. The van der Waals surface area contributed by atoms with Crippen molar-refractivity contribution in [3.8, 4) is 0 Å². The summed E-state index contributed by atoms with van der Waals surface area (Å²) in [4.78, 5) is 24.4. The van der Waals surface area contributed by atoms with Crippen LogP contribution in [-0.2, 0) is 22.4 Å². The number of ether oxygens (including phenoxy) is 1. The van der Waals surface area contributed by atoms with Crippen molar-refractivity contribution in [2.45, 2.75) is 44.6 Å². The molecule has 2 aromatic carbocycles. The van der Waals surface area contributed by atoms with Gasteiger partial charge in [0, 0.05) is 6.04 Å². The fourth-order valence-electron chi connectivity index (χ4n) is 3.97. The van der Waals surface area contributed by atoms with Crippen molar-refractivity contribution in [2.75, 3.05) is 6.61 Å². The maximum Gasteiger partial charge on any atom is 0.339 e. The van der Waals surface area contributed by atoms with Crippen molar-refractivity contribution in [3.05, 3.63) is 47.0 Å². The van der Waals surface area contributed by atoms with Gasteiger partial charge in [0.25, 0.3) is 5.91 Å². The molecule has 0 heterocycles. The second-order valence-electron chi connectivity index (χ2n) is 6.74. The number of benzene rings is 2. The summed E-state index contributed by atoms with van der Waals surface area (Å²) < 4.78 is 5.26. The Morgan fingerprint density at radius 2 is 1.79 bits per heavy atom. The highest BCUT2D eigenvalue weighted by Gasteiger charge is 2.21. The quantitative estimate of drug-likeness (QED) is 0.879. The van der Waals surface area contributed by atoms with Crippen LogP contribution in [0.4, 0.5) is 0 Å². The minimum atomic E-state index is -0.424. The van der Waals surface area contributed by atoms with Crippen LogP contribution in [0.25, 0.3) is 10.8 Å². The van der Waals surface area contributed by atoms with Crippen LogP contribution in [0.1, 0.15) is 47.2 Å². The zero-order valence-electron chi connectivity index (χ0n) is 13.6. The molecule has 1 saturated carbocycles. The molecule has 0 spiro atoms. The molecule has 4 nitrogen and oxygen atoms in total. The first-order valence-electron chi connectivity index (χ1n) is 8.72. The van der Waals surface area contributed by atoms with Crippen molar-refractivity contribution >= 4 is 22.6 Å². The molecule has 0 saturated heterocycles. The Morgan fingerprint density at radius 3 is 2.58 bits per heavy atom. The first-order valence-corrected chi connectivity index (χ1v) is 8.72. The summed E-state index contributed by atoms with van der Waals surface area (Å²) in [6.07, 6.45) is 6.41. The zero-order valence-corrected chi connectivity index (χ0v) is 13.6. The third-order valence-corrected chi connectivity index (χ3v) is 5.15. The number of amides is 1. The van der Waals surface area contributed by atoms with Crippen LogP contribution in [0.15, 0.2) is 30.3 Å². The topological polar surface area (TPSA) is 55.4 Å². The van der Waals surface area contributed by atoms with Crippen LogP contribution in [0.3, 0.4) is 0 Å². The van der Waals surface area contributed by atoms with E-state index in [4.69, 9.17) is 4.74 Å². The predicted molar refractivity (Wildman–Crippen MR) is 92.0 cm³/mol. The minimum absolute atomic E-state index is 0.207. The van der Waals surface area contributed by atoms with Gasteiger partial charge in [0.1, 0.15) is 0 Å². The molecule has 0 unspecified atom stereocenters. The fourth-order valence-corrected chi connectivity index (χ4v) is 3.97. The Labute approximate surface area is 141 Å². The average molecular weight is 323 g/mol. The number of hydrogen-bond acceptors (Lipinski definition) is 3. The molecule has 0 bridgehead atoms. The van der Waals surface area contributed by atoms with E-state index >= 15 is 0 Å². The highest BCUT2D eigenvalue weighted by atomic mass is 16.5. The molecule has 4 rings (SSSR count). The molecule has 24 heavy (non-hydrogen) atoms. The van der Waals surface area contributed by atoms with Gasteiger partial charge in [0.05, 0.1) is 5.56 Å². The Balaban J connectivity index is 1.47. The largest absolute Gasteiger partial charge is 0.452 e. The Bertz CT molecular complexity index is 796. The molecule has 124 valence electrons. The molecule has 0 aromatic heterocycles. The number of carbonyl (C=O) groups excluding carboxylic acids is 2. The number of esters is 1. The van der Waals surface area contributed by atoms with Gasteiger partial charge in [-0.05, 0) is 53.6 Å². The maximum atomic E-state index is 12.4. The maximum absolute atomic E-state index is 12.4. The lowest BCUT2D eigenvalue weighted by molar-refractivity contribution is -0.124. The molecular formula is C20H21NO3. The molecular weight excluding hydrogens is 302 g/mol. The first kappa shape index (κ1) is 15.2. The second-order valence-corrected chi connectivity index (χ2v) is 6.74. The first-order chi connectivity index (χ1) is 11.7. The van der Waals surface area contributed by atoms with Gasteiger partial charge < -0.3 is 10.1 Å². The number of hydrogen-bond donors (Lipinski definition) is 1. The van der Waals surface area contributed by atoms with E-state index in [1.807, 2.05) is 24.3 Å². The summed E-state index contributed by atoms with van der Waals surface area (Å²) in [5.41, 5.74) is 3.12. The Hall–Kier alpha value is -2.36. The lowest BCUT2D eigenvalue weighted by atomic mass is 10.00. The van der Waals surface area contributed by atoms with Crippen molar-refractivity contribution in [3.63, 3.8) is 0 Å². The summed E-state index contributed by atoms with van der Waals surface area (Å²) in [5, 5.41) is 5.05. The van der Waals surface area contributed by atoms with Gasteiger partial charge in [0.15, 0.2) is 6.61 Å². The van der Waals surface area contributed by atoms with E-state index in [0.717, 1.165) is 43.9 Å². The summed E-state index contributed by atoms with van der Waals surface area (Å²) >= 11 is 0. The number of nitrogens with one attached hydrogen (secondary N) is 1. The van der Waals surface area contributed by atoms with Crippen LogP contribution >= 0.6 is 0 Å². The molecule has 2 aliphatic carbocycles. The highest BCUT2D eigenvalue weighted by Crippen LogP contribution is 2.33. The third-order valence-electron chi connectivity index (χ3n) is 5.15.